The van der Waals surface area contributed by atoms with Crippen molar-refractivity contribution in [2.24, 2.45) is 23.6 Å². The Hall–Kier alpha value is -0.0800. The summed E-state index contributed by atoms with van der Waals surface area (Å²) in [7, 11) is 0. The average molecular weight is 182 g/mol. The molecule has 2 aliphatic rings. The fourth-order valence-corrected chi connectivity index (χ4v) is 3.34. The maximum atomic E-state index is 5.60. The minimum Gasteiger partial charge on any atom is -0.271 e. The van der Waals surface area contributed by atoms with Gasteiger partial charge in [-0.2, -0.15) is 0 Å². The number of fused-ring (bicyclic) bond motifs is 1. The molecule has 3 atom stereocenters. The predicted octanol–water partition coefficient (Wildman–Crippen LogP) is 2.05. The van der Waals surface area contributed by atoms with E-state index in [1.807, 2.05) is 0 Å². The van der Waals surface area contributed by atoms with E-state index in [-0.39, 0.29) is 0 Å². The lowest BCUT2D eigenvalue weighted by Gasteiger charge is -2.14. The first kappa shape index (κ1) is 9.47. The molecule has 2 rings (SSSR count). The van der Waals surface area contributed by atoms with Gasteiger partial charge in [0.15, 0.2) is 0 Å². The topological polar surface area (TPSA) is 38.0 Å². The highest BCUT2D eigenvalue weighted by Crippen LogP contribution is 2.57. The fourth-order valence-electron chi connectivity index (χ4n) is 3.34. The number of hydrogen-bond acceptors (Lipinski definition) is 2. The van der Waals surface area contributed by atoms with Crippen molar-refractivity contribution in [1.82, 2.24) is 5.43 Å². The summed E-state index contributed by atoms with van der Waals surface area (Å²) in [6, 6.07) is 0.609. The molecule has 2 aliphatic carbocycles. The number of nitrogens with one attached hydrogen (secondary N) is 1. The van der Waals surface area contributed by atoms with E-state index in [1.165, 1.54) is 38.5 Å². The number of nitrogens with two attached hydrogens (primary N) is 1. The second-order valence-electron chi connectivity index (χ2n) is 4.75. The van der Waals surface area contributed by atoms with Crippen LogP contribution < -0.4 is 11.3 Å². The van der Waals surface area contributed by atoms with Gasteiger partial charge in [-0.1, -0.05) is 26.2 Å². The molecule has 2 heteroatoms. The number of hydrazine groups is 1. The molecule has 3 unspecified atom stereocenters. The van der Waals surface area contributed by atoms with Crippen LogP contribution in [0, 0.1) is 17.8 Å². The van der Waals surface area contributed by atoms with Crippen LogP contribution in [0.25, 0.3) is 0 Å². The summed E-state index contributed by atoms with van der Waals surface area (Å²) < 4.78 is 0. The molecule has 0 bridgehead atoms. The van der Waals surface area contributed by atoms with Crippen molar-refractivity contribution in [3.63, 3.8) is 0 Å². The van der Waals surface area contributed by atoms with E-state index < -0.39 is 0 Å². The summed E-state index contributed by atoms with van der Waals surface area (Å²) >= 11 is 0. The first-order valence-electron chi connectivity index (χ1n) is 5.84. The van der Waals surface area contributed by atoms with Crippen LogP contribution >= 0.6 is 0 Å². The van der Waals surface area contributed by atoms with E-state index in [4.69, 9.17) is 5.84 Å². The highest BCUT2D eigenvalue weighted by molar-refractivity contribution is 5.03. The third-order valence-electron chi connectivity index (χ3n) is 4.00. The van der Waals surface area contributed by atoms with Gasteiger partial charge in [0.05, 0.1) is 0 Å². The summed E-state index contributed by atoms with van der Waals surface area (Å²) in [5.74, 6) is 8.59. The van der Waals surface area contributed by atoms with E-state index >= 15 is 0 Å². The standard InChI is InChI=1S/C11H22N2/c1-2-5-10(13-12)11-8-6-3-4-7-9(8)11/h8-11,13H,2-7,12H2,1H3. The Bertz CT molecular complexity index is 157. The molecule has 0 heterocycles. The molecule has 2 fully saturated rings. The van der Waals surface area contributed by atoms with Gasteiger partial charge >= 0.3 is 0 Å². The maximum Gasteiger partial charge on any atom is 0.0244 e. The molecule has 76 valence electrons. The van der Waals surface area contributed by atoms with Gasteiger partial charge in [-0.3, -0.25) is 11.3 Å². The molecular formula is C11H22N2. The number of rotatable bonds is 4. The summed E-state index contributed by atoms with van der Waals surface area (Å²) in [4.78, 5) is 0. The van der Waals surface area contributed by atoms with Crippen LogP contribution in [0.15, 0.2) is 0 Å². The summed E-state index contributed by atoms with van der Waals surface area (Å²) in [5.41, 5.74) is 3.02. The van der Waals surface area contributed by atoms with Crippen molar-refractivity contribution in [3.8, 4) is 0 Å². The van der Waals surface area contributed by atoms with Gasteiger partial charge in [0, 0.05) is 6.04 Å². The first-order chi connectivity index (χ1) is 6.38. The predicted molar refractivity (Wildman–Crippen MR) is 55.0 cm³/mol. The van der Waals surface area contributed by atoms with Crippen LogP contribution in [0.4, 0.5) is 0 Å². The van der Waals surface area contributed by atoms with Crippen LogP contribution in [0.2, 0.25) is 0 Å². The monoisotopic (exact) mass is 182 g/mol. The lowest BCUT2D eigenvalue weighted by Crippen LogP contribution is -2.37. The quantitative estimate of drug-likeness (QED) is 0.516. The van der Waals surface area contributed by atoms with Crippen molar-refractivity contribution in [2.75, 3.05) is 0 Å². The molecule has 2 nitrogen and oxygen atoms in total. The molecule has 2 saturated carbocycles. The molecule has 3 N–H and O–H groups in total. The Morgan fingerprint density at radius 3 is 2.38 bits per heavy atom. The van der Waals surface area contributed by atoms with Crippen molar-refractivity contribution >= 4 is 0 Å². The van der Waals surface area contributed by atoms with E-state index in [9.17, 15) is 0 Å². The van der Waals surface area contributed by atoms with Crippen molar-refractivity contribution in [1.29, 1.82) is 0 Å². The van der Waals surface area contributed by atoms with Crippen molar-refractivity contribution in [2.45, 2.75) is 51.5 Å². The van der Waals surface area contributed by atoms with E-state index in [0.717, 1.165) is 17.8 Å². The van der Waals surface area contributed by atoms with E-state index in [2.05, 4.69) is 12.3 Å². The lowest BCUT2D eigenvalue weighted by molar-refractivity contribution is 0.411. The second kappa shape index (κ2) is 3.97. The Morgan fingerprint density at radius 1 is 1.31 bits per heavy atom. The van der Waals surface area contributed by atoms with Gasteiger partial charge in [-0.25, -0.2) is 0 Å². The SMILES string of the molecule is CCCC(NN)C1C2CCCCC21. The van der Waals surface area contributed by atoms with Gasteiger partial charge in [0.1, 0.15) is 0 Å². The molecule has 0 radical (unpaired) electrons. The fraction of sp³-hybridized carbons (Fsp3) is 1.00. The molecule has 0 saturated heterocycles. The minimum atomic E-state index is 0.609. The van der Waals surface area contributed by atoms with Crippen molar-refractivity contribution in [3.05, 3.63) is 0 Å². The first-order valence-corrected chi connectivity index (χ1v) is 5.84. The van der Waals surface area contributed by atoms with Crippen molar-refractivity contribution < 1.29 is 0 Å². The van der Waals surface area contributed by atoms with Crippen LogP contribution in [-0.4, -0.2) is 6.04 Å². The Morgan fingerprint density at radius 2 is 1.92 bits per heavy atom. The third-order valence-corrected chi connectivity index (χ3v) is 4.00. The summed E-state index contributed by atoms with van der Waals surface area (Å²) in [6.07, 6.45) is 8.37. The zero-order chi connectivity index (χ0) is 9.26. The Balaban J connectivity index is 1.86. The highest BCUT2D eigenvalue weighted by Gasteiger charge is 2.53. The Kier molecular flexibility index (Phi) is 2.89. The van der Waals surface area contributed by atoms with Gasteiger partial charge < -0.3 is 0 Å². The van der Waals surface area contributed by atoms with Crippen LogP contribution in [0.1, 0.15) is 45.4 Å². The van der Waals surface area contributed by atoms with E-state index in [1.54, 1.807) is 0 Å². The largest absolute Gasteiger partial charge is 0.271 e. The summed E-state index contributed by atoms with van der Waals surface area (Å²) in [6.45, 7) is 2.25. The van der Waals surface area contributed by atoms with Gasteiger partial charge in [-0.05, 0) is 37.0 Å². The van der Waals surface area contributed by atoms with Gasteiger partial charge in [0.2, 0.25) is 0 Å². The maximum absolute atomic E-state index is 5.60. The average Bonchev–Trinajstić information content (AvgIpc) is 2.88. The smallest absolute Gasteiger partial charge is 0.0244 e. The summed E-state index contributed by atoms with van der Waals surface area (Å²) in [5, 5.41) is 0. The van der Waals surface area contributed by atoms with Gasteiger partial charge in [0.25, 0.3) is 0 Å². The van der Waals surface area contributed by atoms with Gasteiger partial charge in [-0.15, -0.1) is 0 Å². The zero-order valence-corrected chi connectivity index (χ0v) is 8.63. The zero-order valence-electron chi connectivity index (χ0n) is 8.63. The normalized spacial score (nSPS) is 39.7. The van der Waals surface area contributed by atoms with E-state index in [0.29, 0.717) is 6.04 Å². The minimum absolute atomic E-state index is 0.609. The third kappa shape index (κ3) is 1.75. The molecule has 13 heavy (non-hydrogen) atoms. The van der Waals surface area contributed by atoms with Crippen LogP contribution in [-0.2, 0) is 0 Å². The molecule has 0 amide bonds. The Labute approximate surface area is 81.2 Å². The molecule has 0 aliphatic heterocycles. The lowest BCUT2D eigenvalue weighted by atomic mass is 10.0. The molecule has 0 aromatic carbocycles. The molecule has 0 spiro atoms. The second-order valence-corrected chi connectivity index (χ2v) is 4.75. The molecular weight excluding hydrogens is 160 g/mol. The molecule has 0 aromatic rings. The highest BCUT2D eigenvalue weighted by atomic mass is 15.2. The van der Waals surface area contributed by atoms with Crippen LogP contribution in [0.5, 0.6) is 0 Å². The molecule has 0 aromatic heterocycles. The number of hydrogen-bond donors (Lipinski definition) is 2. The van der Waals surface area contributed by atoms with Crippen LogP contribution in [0.3, 0.4) is 0 Å².